The maximum absolute atomic E-state index is 11.8. The Morgan fingerprint density at radius 3 is 2.75 bits per heavy atom. The number of carbonyl (C=O) groups excluding carboxylic acids is 1. The fourth-order valence-electron chi connectivity index (χ4n) is 1.68. The van der Waals surface area contributed by atoms with Crippen molar-refractivity contribution in [2.45, 2.75) is 44.7 Å². The monoisotopic (exact) mass is 168 g/mol. The van der Waals surface area contributed by atoms with Crippen LogP contribution in [0.4, 0.5) is 0 Å². The van der Waals surface area contributed by atoms with E-state index in [-0.39, 0.29) is 5.54 Å². The Labute approximate surface area is 73.1 Å². The molecule has 1 aliphatic heterocycles. The van der Waals surface area contributed by atoms with Crippen LogP contribution >= 0.6 is 0 Å². The van der Waals surface area contributed by atoms with Crippen LogP contribution in [0.3, 0.4) is 0 Å². The van der Waals surface area contributed by atoms with Gasteiger partial charge in [0.2, 0.25) is 5.91 Å². The van der Waals surface area contributed by atoms with Crippen LogP contribution in [0, 0.1) is 0 Å². The molecular formula is C9H16N2O. The van der Waals surface area contributed by atoms with E-state index < -0.39 is 0 Å². The minimum absolute atomic E-state index is 0.275. The number of hydrogen-bond acceptors (Lipinski definition) is 2. The first kappa shape index (κ1) is 8.05. The second kappa shape index (κ2) is 2.46. The smallest absolute Gasteiger partial charge is 0.243 e. The van der Waals surface area contributed by atoms with Gasteiger partial charge in [0.25, 0.3) is 0 Å². The molecule has 0 aromatic rings. The molecule has 68 valence electrons. The van der Waals surface area contributed by atoms with Gasteiger partial charge in [-0.2, -0.15) is 0 Å². The number of hydrogen-bond donors (Lipinski definition) is 1. The second-order valence-electron chi connectivity index (χ2n) is 4.03. The Hall–Kier alpha value is -0.570. The first-order chi connectivity index (χ1) is 5.67. The molecule has 2 fully saturated rings. The van der Waals surface area contributed by atoms with Crippen LogP contribution < -0.4 is 5.32 Å². The summed E-state index contributed by atoms with van der Waals surface area (Å²) in [5.41, 5.74) is -0.275. The summed E-state index contributed by atoms with van der Waals surface area (Å²) in [6, 6.07) is 0.554. The van der Waals surface area contributed by atoms with Crippen LogP contribution in [-0.4, -0.2) is 29.1 Å². The summed E-state index contributed by atoms with van der Waals surface area (Å²) in [6.45, 7) is 4.81. The lowest BCUT2D eigenvalue weighted by Gasteiger charge is -2.20. The summed E-state index contributed by atoms with van der Waals surface area (Å²) in [7, 11) is 0. The van der Waals surface area contributed by atoms with Gasteiger partial charge in [0, 0.05) is 6.04 Å². The van der Waals surface area contributed by atoms with Crippen molar-refractivity contribution in [3.63, 3.8) is 0 Å². The Bertz CT molecular complexity index is 213. The average molecular weight is 168 g/mol. The lowest BCUT2D eigenvalue weighted by Crippen LogP contribution is -2.43. The molecule has 1 aliphatic carbocycles. The van der Waals surface area contributed by atoms with Gasteiger partial charge in [0.05, 0.1) is 12.2 Å². The summed E-state index contributed by atoms with van der Waals surface area (Å²) >= 11 is 0. The zero-order valence-corrected chi connectivity index (χ0v) is 7.76. The molecule has 1 saturated carbocycles. The highest BCUT2D eigenvalue weighted by Gasteiger charge is 2.46. The van der Waals surface area contributed by atoms with E-state index in [4.69, 9.17) is 0 Å². The van der Waals surface area contributed by atoms with E-state index in [2.05, 4.69) is 12.2 Å². The number of carbonyl (C=O) groups is 1. The van der Waals surface area contributed by atoms with Gasteiger partial charge in [-0.15, -0.1) is 0 Å². The molecule has 2 aliphatic rings. The Morgan fingerprint density at radius 1 is 1.67 bits per heavy atom. The van der Waals surface area contributed by atoms with Crippen LogP contribution in [0.25, 0.3) is 0 Å². The molecular weight excluding hydrogens is 152 g/mol. The molecule has 2 rings (SSSR count). The van der Waals surface area contributed by atoms with Crippen LogP contribution in [0.1, 0.15) is 33.1 Å². The molecule has 3 heteroatoms. The maximum Gasteiger partial charge on any atom is 0.243 e. The number of amides is 1. The first-order valence-corrected chi connectivity index (χ1v) is 4.73. The molecule has 0 bridgehead atoms. The minimum Gasteiger partial charge on any atom is -0.325 e. The third-order valence-corrected chi connectivity index (χ3v) is 3.07. The first-order valence-electron chi connectivity index (χ1n) is 4.73. The van der Waals surface area contributed by atoms with E-state index in [1.165, 1.54) is 12.8 Å². The van der Waals surface area contributed by atoms with Crippen molar-refractivity contribution in [2.75, 3.05) is 6.67 Å². The van der Waals surface area contributed by atoms with Crippen molar-refractivity contribution in [3.8, 4) is 0 Å². The summed E-state index contributed by atoms with van der Waals surface area (Å²) in [6.07, 6.45) is 3.29. The SMILES string of the molecule is CCC1(C)NCN(C2CC2)C1=O. The van der Waals surface area contributed by atoms with Crippen molar-refractivity contribution in [1.82, 2.24) is 10.2 Å². The number of rotatable bonds is 2. The summed E-state index contributed by atoms with van der Waals surface area (Å²) < 4.78 is 0. The highest BCUT2D eigenvalue weighted by Crippen LogP contribution is 2.31. The molecule has 3 nitrogen and oxygen atoms in total. The zero-order chi connectivity index (χ0) is 8.77. The lowest BCUT2D eigenvalue weighted by atomic mass is 9.99. The van der Waals surface area contributed by atoms with Crippen molar-refractivity contribution >= 4 is 5.91 Å². The summed E-state index contributed by atoms with van der Waals surface area (Å²) in [5.74, 6) is 0.299. The fourth-order valence-corrected chi connectivity index (χ4v) is 1.68. The topological polar surface area (TPSA) is 32.3 Å². The van der Waals surface area contributed by atoms with Crippen LogP contribution in [-0.2, 0) is 4.79 Å². The molecule has 0 aromatic carbocycles. The molecule has 0 radical (unpaired) electrons. The average Bonchev–Trinajstić information content (AvgIpc) is 2.84. The van der Waals surface area contributed by atoms with E-state index in [1.807, 2.05) is 11.8 Å². The van der Waals surface area contributed by atoms with Gasteiger partial charge in [-0.25, -0.2) is 0 Å². The van der Waals surface area contributed by atoms with Gasteiger partial charge in [0.1, 0.15) is 0 Å². The quantitative estimate of drug-likeness (QED) is 0.658. The summed E-state index contributed by atoms with van der Waals surface area (Å²) in [4.78, 5) is 13.8. The molecule has 0 aromatic heterocycles. The molecule has 1 unspecified atom stereocenters. The zero-order valence-electron chi connectivity index (χ0n) is 7.76. The molecule has 1 atom stereocenters. The van der Waals surface area contributed by atoms with Gasteiger partial charge in [-0.05, 0) is 26.2 Å². The van der Waals surface area contributed by atoms with Gasteiger partial charge >= 0.3 is 0 Å². The lowest BCUT2D eigenvalue weighted by molar-refractivity contribution is -0.132. The van der Waals surface area contributed by atoms with Gasteiger partial charge in [-0.1, -0.05) is 6.92 Å². The summed E-state index contributed by atoms with van der Waals surface area (Å²) in [5, 5.41) is 3.28. The Kier molecular flexibility index (Phi) is 1.65. The van der Waals surface area contributed by atoms with E-state index in [9.17, 15) is 4.79 Å². The third-order valence-electron chi connectivity index (χ3n) is 3.07. The van der Waals surface area contributed by atoms with Crippen molar-refractivity contribution in [3.05, 3.63) is 0 Å². The minimum atomic E-state index is -0.275. The van der Waals surface area contributed by atoms with Gasteiger partial charge in [0.15, 0.2) is 0 Å². The van der Waals surface area contributed by atoms with E-state index in [0.29, 0.717) is 11.9 Å². The highest BCUT2D eigenvalue weighted by molar-refractivity contribution is 5.88. The van der Waals surface area contributed by atoms with Crippen LogP contribution in [0.5, 0.6) is 0 Å². The molecule has 12 heavy (non-hydrogen) atoms. The largest absolute Gasteiger partial charge is 0.325 e. The standard InChI is InChI=1S/C9H16N2O/c1-3-9(2)8(12)11(6-10-9)7-4-5-7/h7,10H,3-6H2,1-2H3. The predicted molar refractivity (Wildman–Crippen MR) is 46.6 cm³/mol. The van der Waals surface area contributed by atoms with E-state index in [1.54, 1.807) is 0 Å². The van der Waals surface area contributed by atoms with Crippen molar-refractivity contribution in [1.29, 1.82) is 0 Å². The van der Waals surface area contributed by atoms with E-state index >= 15 is 0 Å². The van der Waals surface area contributed by atoms with E-state index in [0.717, 1.165) is 13.1 Å². The Balaban J connectivity index is 2.09. The van der Waals surface area contributed by atoms with Crippen molar-refractivity contribution in [2.24, 2.45) is 0 Å². The maximum atomic E-state index is 11.8. The Morgan fingerprint density at radius 2 is 2.33 bits per heavy atom. The van der Waals surface area contributed by atoms with Crippen molar-refractivity contribution < 1.29 is 4.79 Å². The normalized spacial score (nSPS) is 36.2. The number of nitrogens with one attached hydrogen (secondary N) is 1. The molecule has 0 spiro atoms. The van der Waals surface area contributed by atoms with Gasteiger partial charge < -0.3 is 4.90 Å². The number of nitrogens with zero attached hydrogens (tertiary/aromatic N) is 1. The van der Waals surface area contributed by atoms with Crippen LogP contribution in [0.2, 0.25) is 0 Å². The molecule has 1 heterocycles. The third kappa shape index (κ3) is 1.04. The van der Waals surface area contributed by atoms with Gasteiger partial charge in [-0.3, -0.25) is 10.1 Å². The molecule has 1 amide bonds. The highest BCUT2D eigenvalue weighted by atomic mass is 16.2. The second-order valence-corrected chi connectivity index (χ2v) is 4.03. The fraction of sp³-hybridized carbons (Fsp3) is 0.889. The molecule has 1 saturated heterocycles. The predicted octanol–water partition coefficient (Wildman–Crippen LogP) is 0.707. The van der Waals surface area contributed by atoms with Crippen LogP contribution in [0.15, 0.2) is 0 Å². The molecule has 1 N–H and O–H groups in total.